The highest BCUT2D eigenvalue weighted by molar-refractivity contribution is 5.89. The van der Waals surface area contributed by atoms with Crippen molar-refractivity contribution in [1.82, 2.24) is 15.5 Å². The number of likely N-dealkylation sites (N-methyl/N-ethyl adjacent to an activating group) is 1. The van der Waals surface area contributed by atoms with Crippen molar-refractivity contribution in [2.45, 2.75) is 38.8 Å². The molecule has 148 valence electrons. The van der Waals surface area contributed by atoms with E-state index in [2.05, 4.69) is 47.6 Å². The van der Waals surface area contributed by atoms with Crippen molar-refractivity contribution < 1.29 is 9.59 Å². The monoisotopic (exact) mass is 379 g/mol. The van der Waals surface area contributed by atoms with Crippen LogP contribution in [0.3, 0.4) is 0 Å². The molecule has 1 saturated heterocycles. The summed E-state index contributed by atoms with van der Waals surface area (Å²) < 4.78 is 0. The van der Waals surface area contributed by atoms with Crippen molar-refractivity contribution >= 4 is 11.8 Å². The largest absolute Gasteiger partial charge is 0.357 e. The zero-order valence-corrected chi connectivity index (χ0v) is 16.9. The molecule has 0 saturated carbocycles. The molecular weight excluding hydrogens is 350 g/mol. The normalized spacial score (nSPS) is 17.9. The third kappa shape index (κ3) is 4.60. The minimum Gasteiger partial charge on any atom is -0.357 e. The summed E-state index contributed by atoms with van der Waals surface area (Å²) in [6.45, 7) is 5.42. The van der Waals surface area contributed by atoms with Crippen LogP contribution in [0.1, 0.15) is 47.2 Å². The van der Waals surface area contributed by atoms with Gasteiger partial charge < -0.3 is 10.6 Å². The van der Waals surface area contributed by atoms with Crippen LogP contribution in [-0.4, -0.2) is 36.9 Å². The first kappa shape index (κ1) is 20.1. The Balaban J connectivity index is 1.70. The number of carbonyl (C=O) groups is 2. The minimum atomic E-state index is -0.679. The fraction of sp³-hybridized carbons (Fsp3) is 0.391. The lowest BCUT2D eigenvalue weighted by atomic mass is 9.99. The van der Waals surface area contributed by atoms with Crippen molar-refractivity contribution in [2.75, 3.05) is 20.1 Å². The summed E-state index contributed by atoms with van der Waals surface area (Å²) in [5.74, 6) is -0.347. The van der Waals surface area contributed by atoms with Crippen molar-refractivity contribution in [2.24, 2.45) is 0 Å². The van der Waals surface area contributed by atoms with Gasteiger partial charge in [0.25, 0.3) is 0 Å². The highest BCUT2D eigenvalue weighted by atomic mass is 16.2. The molecule has 0 radical (unpaired) electrons. The van der Waals surface area contributed by atoms with Gasteiger partial charge in [0.1, 0.15) is 6.04 Å². The molecule has 2 atom stereocenters. The number of nitrogens with zero attached hydrogens (tertiary/aromatic N) is 1. The van der Waals surface area contributed by atoms with Crippen LogP contribution < -0.4 is 10.6 Å². The van der Waals surface area contributed by atoms with E-state index >= 15 is 0 Å². The first-order valence-corrected chi connectivity index (χ1v) is 9.86. The average Bonchev–Trinajstić information content (AvgIpc) is 3.16. The SMILES string of the molecule is CNC(=O)C(NC(=O)CN1CCCC1c1ccc(C)c(C)c1)c1ccccc1. The summed E-state index contributed by atoms with van der Waals surface area (Å²) in [5.41, 5.74) is 4.60. The predicted octanol–water partition coefficient (Wildman–Crippen LogP) is 3.04. The molecule has 2 aromatic carbocycles. The number of amides is 2. The highest BCUT2D eigenvalue weighted by Gasteiger charge is 2.29. The summed E-state index contributed by atoms with van der Waals surface area (Å²) in [6.07, 6.45) is 2.12. The van der Waals surface area contributed by atoms with Crippen LogP contribution in [0.4, 0.5) is 0 Å². The van der Waals surface area contributed by atoms with Gasteiger partial charge in [0.2, 0.25) is 11.8 Å². The van der Waals surface area contributed by atoms with Gasteiger partial charge in [-0.1, -0.05) is 48.5 Å². The van der Waals surface area contributed by atoms with Crippen LogP contribution in [0.25, 0.3) is 0 Å². The van der Waals surface area contributed by atoms with Crippen LogP contribution in [0, 0.1) is 13.8 Å². The number of nitrogens with one attached hydrogen (secondary N) is 2. The maximum absolute atomic E-state index is 12.8. The van der Waals surface area contributed by atoms with E-state index in [4.69, 9.17) is 0 Å². The molecule has 28 heavy (non-hydrogen) atoms. The molecule has 1 aliphatic heterocycles. The van der Waals surface area contributed by atoms with E-state index in [1.807, 2.05) is 30.3 Å². The van der Waals surface area contributed by atoms with Gasteiger partial charge in [0.15, 0.2) is 0 Å². The second kappa shape index (κ2) is 9.02. The molecule has 2 amide bonds. The molecule has 1 heterocycles. The second-order valence-corrected chi connectivity index (χ2v) is 7.50. The molecule has 0 bridgehead atoms. The van der Waals surface area contributed by atoms with Crippen LogP contribution in [0.15, 0.2) is 48.5 Å². The molecular formula is C23H29N3O2. The minimum absolute atomic E-state index is 0.131. The molecule has 0 spiro atoms. The summed E-state index contributed by atoms with van der Waals surface area (Å²) in [7, 11) is 1.58. The van der Waals surface area contributed by atoms with Crippen molar-refractivity contribution in [1.29, 1.82) is 0 Å². The summed E-state index contributed by atoms with van der Waals surface area (Å²) >= 11 is 0. The summed E-state index contributed by atoms with van der Waals surface area (Å²) in [4.78, 5) is 27.3. The lowest BCUT2D eigenvalue weighted by Crippen LogP contribution is -2.43. The Morgan fingerprint density at radius 3 is 2.54 bits per heavy atom. The quantitative estimate of drug-likeness (QED) is 0.811. The van der Waals surface area contributed by atoms with E-state index in [0.29, 0.717) is 0 Å². The molecule has 1 fully saturated rings. The van der Waals surface area contributed by atoms with Gasteiger partial charge in [-0.2, -0.15) is 0 Å². The summed E-state index contributed by atoms with van der Waals surface area (Å²) in [5, 5.41) is 5.55. The maximum Gasteiger partial charge on any atom is 0.246 e. The van der Waals surface area contributed by atoms with E-state index in [9.17, 15) is 9.59 Å². The Hall–Kier alpha value is -2.66. The third-order valence-corrected chi connectivity index (χ3v) is 5.57. The molecule has 0 aromatic heterocycles. The first-order chi connectivity index (χ1) is 13.5. The number of rotatable bonds is 6. The van der Waals surface area contributed by atoms with E-state index in [1.54, 1.807) is 7.05 Å². The number of hydrogen-bond donors (Lipinski definition) is 2. The Morgan fingerprint density at radius 2 is 1.86 bits per heavy atom. The zero-order valence-electron chi connectivity index (χ0n) is 16.9. The molecule has 5 nitrogen and oxygen atoms in total. The number of hydrogen-bond acceptors (Lipinski definition) is 3. The second-order valence-electron chi connectivity index (χ2n) is 7.50. The Bertz CT molecular complexity index is 835. The molecule has 3 rings (SSSR count). The fourth-order valence-electron chi connectivity index (χ4n) is 3.85. The standard InChI is InChI=1S/C23H29N3O2/c1-16-11-12-19(14-17(16)2)20-10-7-13-26(20)15-21(27)25-22(23(28)24-3)18-8-5-4-6-9-18/h4-6,8-9,11-12,14,20,22H,7,10,13,15H2,1-3H3,(H,24,28)(H,25,27). The van der Waals surface area contributed by atoms with E-state index < -0.39 is 6.04 Å². The van der Waals surface area contributed by atoms with Crippen molar-refractivity contribution in [3.8, 4) is 0 Å². The van der Waals surface area contributed by atoms with Crippen LogP contribution in [-0.2, 0) is 9.59 Å². The van der Waals surface area contributed by atoms with Crippen LogP contribution in [0.5, 0.6) is 0 Å². The predicted molar refractivity (Wildman–Crippen MR) is 111 cm³/mol. The van der Waals surface area contributed by atoms with Gasteiger partial charge in [-0.3, -0.25) is 14.5 Å². The highest BCUT2D eigenvalue weighted by Crippen LogP contribution is 2.32. The maximum atomic E-state index is 12.8. The van der Waals surface area contributed by atoms with Gasteiger partial charge in [-0.05, 0) is 55.5 Å². The Morgan fingerprint density at radius 1 is 1.11 bits per heavy atom. The molecule has 1 aliphatic rings. The first-order valence-electron chi connectivity index (χ1n) is 9.86. The van der Waals surface area contributed by atoms with E-state index in [-0.39, 0.29) is 24.4 Å². The van der Waals surface area contributed by atoms with Crippen molar-refractivity contribution in [3.05, 3.63) is 70.8 Å². The van der Waals surface area contributed by atoms with E-state index in [1.165, 1.54) is 16.7 Å². The Labute approximate surface area is 167 Å². The topological polar surface area (TPSA) is 61.4 Å². The Kier molecular flexibility index (Phi) is 6.47. The fourth-order valence-corrected chi connectivity index (χ4v) is 3.85. The molecule has 0 aliphatic carbocycles. The number of benzene rings is 2. The lowest BCUT2D eigenvalue weighted by molar-refractivity contribution is -0.129. The summed E-state index contributed by atoms with van der Waals surface area (Å²) in [6, 6.07) is 15.5. The van der Waals surface area contributed by atoms with Crippen LogP contribution in [0.2, 0.25) is 0 Å². The molecule has 2 aromatic rings. The average molecular weight is 380 g/mol. The van der Waals surface area contributed by atoms with Gasteiger partial charge in [-0.15, -0.1) is 0 Å². The number of likely N-dealkylation sites (tertiary alicyclic amines) is 1. The van der Waals surface area contributed by atoms with Gasteiger partial charge >= 0.3 is 0 Å². The number of aryl methyl sites for hydroxylation is 2. The zero-order chi connectivity index (χ0) is 20.1. The molecule has 2 unspecified atom stereocenters. The van der Waals surface area contributed by atoms with Crippen LogP contribution >= 0.6 is 0 Å². The molecule has 2 N–H and O–H groups in total. The smallest absolute Gasteiger partial charge is 0.246 e. The van der Waals surface area contributed by atoms with Gasteiger partial charge in [-0.25, -0.2) is 0 Å². The third-order valence-electron chi connectivity index (χ3n) is 5.57. The van der Waals surface area contributed by atoms with Gasteiger partial charge in [0.05, 0.1) is 6.54 Å². The van der Waals surface area contributed by atoms with Crippen molar-refractivity contribution in [3.63, 3.8) is 0 Å². The molecule has 5 heteroatoms. The van der Waals surface area contributed by atoms with E-state index in [0.717, 1.165) is 24.9 Å². The lowest BCUT2D eigenvalue weighted by Gasteiger charge is -2.26. The van der Waals surface area contributed by atoms with Gasteiger partial charge in [0, 0.05) is 13.1 Å². The number of carbonyl (C=O) groups excluding carboxylic acids is 2.